The fraction of sp³-hybridized carbons (Fsp3) is 0.538. The Bertz CT molecular complexity index is 984. The maximum absolute atomic E-state index is 13.6. The van der Waals surface area contributed by atoms with Crippen molar-refractivity contribution in [2.75, 3.05) is 32.8 Å². The number of rotatable bonds is 6. The molecule has 1 heterocycles. The number of halogens is 7. The van der Waals surface area contributed by atoms with Crippen LogP contribution >= 0.6 is 0 Å². The molecule has 4 rings (SSSR count). The third-order valence-corrected chi connectivity index (χ3v) is 7.04. The van der Waals surface area contributed by atoms with Gasteiger partial charge in [0, 0.05) is 25.6 Å². The van der Waals surface area contributed by atoms with Gasteiger partial charge in [0.25, 0.3) is 0 Å². The van der Waals surface area contributed by atoms with Gasteiger partial charge in [-0.3, -0.25) is 4.90 Å². The summed E-state index contributed by atoms with van der Waals surface area (Å²) in [6.07, 6.45) is -9.95. The first-order valence-corrected chi connectivity index (χ1v) is 11.9. The van der Waals surface area contributed by atoms with E-state index in [0.717, 1.165) is 31.6 Å². The molecule has 2 aromatic rings. The quantitative estimate of drug-likeness (QED) is 0.391. The first-order chi connectivity index (χ1) is 16.9. The van der Waals surface area contributed by atoms with Crippen LogP contribution in [0.1, 0.15) is 54.0 Å². The van der Waals surface area contributed by atoms with Crippen molar-refractivity contribution in [3.05, 3.63) is 70.5 Å². The van der Waals surface area contributed by atoms with Crippen molar-refractivity contribution in [1.29, 1.82) is 0 Å². The van der Waals surface area contributed by atoms with Crippen molar-refractivity contribution >= 4 is 0 Å². The molecular formula is C26H28F7NO2. The third kappa shape index (κ3) is 6.39. The highest BCUT2D eigenvalue weighted by Crippen LogP contribution is 2.45. The molecule has 1 saturated heterocycles. The summed E-state index contributed by atoms with van der Waals surface area (Å²) in [5, 5.41) is 0. The number of hydrogen-bond donors (Lipinski definition) is 0. The predicted octanol–water partition coefficient (Wildman–Crippen LogP) is 6.84. The van der Waals surface area contributed by atoms with E-state index in [4.69, 9.17) is 9.47 Å². The van der Waals surface area contributed by atoms with Crippen molar-refractivity contribution in [2.24, 2.45) is 5.92 Å². The van der Waals surface area contributed by atoms with Gasteiger partial charge in [-0.2, -0.15) is 26.3 Å². The van der Waals surface area contributed by atoms with Crippen LogP contribution in [0.3, 0.4) is 0 Å². The van der Waals surface area contributed by atoms with E-state index in [9.17, 15) is 30.7 Å². The zero-order chi connectivity index (χ0) is 26.1. The summed E-state index contributed by atoms with van der Waals surface area (Å²) >= 11 is 0. The maximum atomic E-state index is 13.6. The van der Waals surface area contributed by atoms with Crippen molar-refractivity contribution < 1.29 is 40.2 Å². The van der Waals surface area contributed by atoms with E-state index >= 15 is 0 Å². The Hall–Kier alpha value is -2.17. The van der Waals surface area contributed by atoms with Gasteiger partial charge in [0.2, 0.25) is 0 Å². The molecule has 0 bridgehead atoms. The van der Waals surface area contributed by atoms with E-state index in [1.54, 1.807) is 12.1 Å². The average Bonchev–Trinajstić information content (AvgIpc) is 3.20. The largest absolute Gasteiger partial charge is 0.416 e. The normalized spacial score (nSPS) is 24.7. The lowest BCUT2D eigenvalue weighted by Gasteiger charge is -2.33. The first kappa shape index (κ1) is 26.9. The SMILES string of the molecule is C[C@H](OC1CCC(CN2CCOCC2)C1c1ccc(F)cc1)c1cc(C(F)(F)F)cc(C(F)(F)F)c1. The number of benzene rings is 2. The molecule has 36 heavy (non-hydrogen) atoms. The Morgan fingerprint density at radius 3 is 2.06 bits per heavy atom. The molecule has 3 unspecified atom stereocenters. The Labute approximate surface area is 205 Å². The zero-order valence-electron chi connectivity index (χ0n) is 19.7. The lowest BCUT2D eigenvalue weighted by molar-refractivity contribution is -0.143. The number of morpholine rings is 1. The molecule has 1 aliphatic heterocycles. The fourth-order valence-electron chi connectivity index (χ4n) is 5.24. The summed E-state index contributed by atoms with van der Waals surface area (Å²) in [6.45, 7) is 5.02. The maximum Gasteiger partial charge on any atom is 0.416 e. The summed E-state index contributed by atoms with van der Waals surface area (Å²) < 4.78 is 105. The summed E-state index contributed by atoms with van der Waals surface area (Å²) in [6, 6.07) is 7.59. The van der Waals surface area contributed by atoms with Gasteiger partial charge in [0.15, 0.2) is 0 Å². The lowest BCUT2D eigenvalue weighted by Crippen LogP contribution is -2.40. The minimum absolute atomic E-state index is 0.117. The smallest absolute Gasteiger partial charge is 0.379 e. The first-order valence-electron chi connectivity index (χ1n) is 11.9. The number of ether oxygens (including phenoxy) is 2. The fourth-order valence-corrected chi connectivity index (χ4v) is 5.24. The van der Waals surface area contributed by atoms with E-state index in [0.29, 0.717) is 31.8 Å². The summed E-state index contributed by atoms with van der Waals surface area (Å²) in [5.74, 6) is -0.433. The van der Waals surface area contributed by atoms with E-state index in [-0.39, 0.29) is 23.5 Å². The van der Waals surface area contributed by atoms with Crippen LogP contribution in [0.15, 0.2) is 42.5 Å². The summed E-state index contributed by atoms with van der Waals surface area (Å²) in [7, 11) is 0. The second kappa shape index (κ2) is 10.7. The molecule has 0 aromatic heterocycles. The predicted molar refractivity (Wildman–Crippen MR) is 119 cm³/mol. The Morgan fingerprint density at radius 2 is 1.50 bits per heavy atom. The number of hydrogen-bond acceptors (Lipinski definition) is 3. The Morgan fingerprint density at radius 1 is 0.917 bits per heavy atom. The molecule has 0 spiro atoms. The van der Waals surface area contributed by atoms with Gasteiger partial charge < -0.3 is 9.47 Å². The van der Waals surface area contributed by atoms with Gasteiger partial charge in [0.1, 0.15) is 5.82 Å². The molecule has 2 aromatic carbocycles. The Kier molecular flexibility index (Phi) is 7.97. The van der Waals surface area contributed by atoms with E-state index in [1.807, 2.05) is 0 Å². The second-order valence-corrected chi connectivity index (χ2v) is 9.48. The van der Waals surface area contributed by atoms with Crippen molar-refractivity contribution in [3.8, 4) is 0 Å². The van der Waals surface area contributed by atoms with E-state index < -0.39 is 41.5 Å². The minimum atomic E-state index is -4.93. The molecule has 1 saturated carbocycles. The molecule has 10 heteroatoms. The van der Waals surface area contributed by atoms with E-state index in [1.165, 1.54) is 19.1 Å². The van der Waals surface area contributed by atoms with Crippen LogP contribution in [-0.2, 0) is 21.8 Å². The van der Waals surface area contributed by atoms with Crippen molar-refractivity contribution in [2.45, 2.75) is 50.2 Å². The van der Waals surface area contributed by atoms with Gasteiger partial charge in [-0.15, -0.1) is 0 Å². The van der Waals surface area contributed by atoms with Crippen LogP contribution in [0, 0.1) is 11.7 Å². The average molecular weight is 520 g/mol. The molecule has 198 valence electrons. The molecule has 3 nitrogen and oxygen atoms in total. The van der Waals surface area contributed by atoms with Crippen molar-refractivity contribution in [3.63, 3.8) is 0 Å². The number of alkyl halides is 6. The minimum Gasteiger partial charge on any atom is -0.379 e. The zero-order valence-corrected chi connectivity index (χ0v) is 19.7. The molecule has 0 N–H and O–H groups in total. The highest BCUT2D eigenvalue weighted by Gasteiger charge is 2.41. The van der Waals surface area contributed by atoms with Crippen molar-refractivity contribution in [1.82, 2.24) is 4.90 Å². The lowest BCUT2D eigenvalue weighted by atomic mass is 9.87. The van der Waals surface area contributed by atoms with Gasteiger partial charge in [0.05, 0.1) is 36.5 Å². The summed E-state index contributed by atoms with van der Waals surface area (Å²) in [5.41, 5.74) is -2.08. The molecule has 1 aliphatic carbocycles. The van der Waals surface area contributed by atoms with Gasteiger partial charge in [-0.25, -0.2) is 4.39 Å². The van der Waals surface area contributed by atoms with Crippen LogP contribution < -0.4 is 0 Å². The third-order valence-electron chi connectivity index (χ3n) is 7.04. The van der Waals surface area contributed by atoms with Crippen LogP contribution in [-0.4, -0.2) is 43.9 Å². The highest BCUT2D eigenvalue weighted by molar-refractivity contribution is 5.35. The second-order valence-electron chi connectivity index (χ2n) is 9.48. The molecular weight excluding hydrogens is 491 g/mol. The van der Waals surface area contributed by atoms with Crippen LogP contribution in [0.25, 0.3) is 0 Å². The molecule has 0 radical (unpaired) electrons. The molecule has 4 atom stereocenters. The monoisotopic (exact) mass is 519 g/mol. The molecule has 0 amide bonds. The van der Waals surface area contributed by atoms with Crippen LogP contribution in [0.5, 0.6) is 0 Å². The Balaban J connectivity index is 1.59. The topological polar surface area (TPSA) is 21.7 Å². The van der Waals surface area contributed by atoms with E-state index in [2.05, 4.69) is 4.90 Å². The van der Waals surface area contributed by atoms with Crippen LogP contribution in [0.4, 0.5) is 30.7 Å². The van der Waals surface area contributed by atoms with Crippen LogP contribution in [0.2, 0.25) is 0 Å². The molecule has 2 aliphatic rings. The standard InChI is InChI=1S/C26H28F7NO2/c1-16(19-12-20(25(28,29)30)14-21(13-19)26(31,32)33)36-23-7-4-18(15-34-8-10-35-11-9-34)24(23)17-2-5-22(27)6-3-17/h2-3,5-6,12-14,16,18,23-24H,4,7-11,15H2,1H3/t16-,18?,23?,24?/m0/s1. The van der Waals surface area contributed by atoms with Gasteiger partial charge >= 0.3 is 12.4 Å². The highest BCUT2D eigenvalue weighted by atomic mass is 19.4. The summed E-state index contributed by atoms with van der Waals surface area (Å²) in [4.78, 5) is 2.28. The van der Waals surface area contributed by atoms with Gasteiger partial charge in [-0.1, -0.05) is 12.1 Å². The number of nitrogens with zero attached hydrogens (tertiary/aromatic N) is 1. The van der Waals surface area contributed by atoms with Gasteiger partial charge in [-0.05, 0) is 67.1 Å². The molecule has 2 fully saturated rings.